The molecule has 0 aliphatic rings. The maximum Gasteiger partial charge on any atom is 0.0184 e. The van der Waals surface area contributed by atoms with Gasteiger partial charge < -0.3 is 11.5 Å². The molecule has 2 rings (SSSR count). The quantitative estimate of drug-likeness (QED) is 0.793. The zero-order valence-electron chi connectivity index (χ0n) is 8.74. The van der Waals surface area contributed by atoms with Crippen LogP contribution in [-0.4, -0.2) is 6.54 Å². The molecule has 0 radical (unpaired) electrons. The van der Waals surface area contributed by atoms with Gasteiger partial charge in [0.05, 0.1) is 0 Å². The van der Waals surface area contributed by atoms with E-state index in [0.717, 1.165) is 6.42 Å². The van der Waals surface area contributed by atoms with Gasteiger partial charge in [-0.05, 0) is 34.9 Å². The molecule has 0 saturated heterocycles. The Labute approximate surface area is 89.9 Å². The summed E-state index contributed by atoms with van der Waals surface area (Å²) in [5.41, 5.74) is 13.8. The largest absolute Gasteiger partial charge is 0.330 e. The molecule has 0 heterocycles. The molecule has 0 aliphatic heterocycles. The van der Waals surface area contributed by atoms with E-state index in [1.807, 2.05) is 6.07 Å². The van der Waals surface area contributed by atoms with Gasteiger partial charge in [0.1, 0.15) is 0 Å². The van der Waals surface area contributed by atoms with Crippen molar-refractivity contribution in [1.29, 1.82) is 0 Å². The summed E-state index contributed by atoms with van der Waals surface area (Å²) in [6.45, 7) is 1.27. The molecule has 0 bridgehead atoms. The van der Waals surface area contributed by atoms with Gasteiger partial charge in [0.2, 0.25) is 0 Å². The Morgan fingerprint density at radius 3 is 2.00 bits per heavy atom. The lowest BCUT2D eigenvalue weighted by Gasteiger charge is -2.09. The number of fused-ring (bicyclic) bond motifs is 1. The molecule has 15 heavy (non-hydrogen) atoms. The number of nitrogens with two attached hydrogens (primary N) is 2. The summed E-state index contributed by atoms with van der Waals surface area (Å²) in [4.78, 5) is 0. The Kier molecular flexibility index (Phi) is 2.99. The first kappa shape index (κ1) is 10.1. The Morgan fingerprint density at radius 1 is 0.800 bits per heavy atom. The van der Waals surface area contributed by atoms with Crippen LogP contribution in [0.5, 0.6) is 0 Å². The Bertz CT molecular complexity index is 463. The normalized spacial score (nSPS) is 10.8. The van der Waals surface area contributed by atoms with Crippen LogP contribution in [0.2, 0.25) is 0 Å². The fraction of sp³-hybridized carbons (Fsp3) is 0.231. The topological polar surface area (TPSA) is 52.0 Å². The van der Waals surface area contributed by atoms with Crippen molar-refractivity contribution in [3.05, 3.63) is 47.5 Å². The summed E-state index contributed by atoms with van der Waals surface area (Å²) in [5.74, 6) is 0. The molecule has 78 valence electrons. The Hall–Kier alpha value is -1.38. The van der Waals surface area contributed by atoms with Gasteiger partial charge in [0.25, 0.3) is 0 Å². The molecule has 2 aromatic rings. The van der Waals surface area contributed by atoms with Crippen LogP contribution < -0.4 is 11.5 Å². The Morgan fingerprint density at radius 2 is 1.40 bits per heavy atom. The fourth-order valence-electron chi connectivity index (χ4n) is 1.98. The molecular formula is C13H16N2. The fourth-order valence-corrected chi connectivity index (χ4v) is 1.98. The standard InChI is InChI=1S/C13H16N2/c14-8-7-10-5-6-11(9-15)13-4-2-1-3-12(10)13/h1-6H,7-9,14-15H2. The predicted octanol–water partition coefficient (Wildman–Crippen LogP) is 1.80. The van der Waals surface area contributed by atoms with Gasteiger partial charge in [-0.15, -0.1) is 0 Å². The highest BCUT2D eigenvalue weighted by molar-refractivity contribution is 5.88. The van der Waals surface area contributed by atoms with E-state index >= 15 is 0 Å². The van der Waals surface area contributed by atoms with Crippen LogP contribution in [0.1, 0.15) is 11.1 Å². The van der Waals surface area contributed by atoms with E-state index < -0.39 is 0 Å². The van der Waals surface area contributed by atoms with E-state index in [1.54, 1.807) is 0 Å². The first-order valence-corrected chi connectivity index (χ1v) is 5.26. The van der Waals surface area contributed by atoms with E-state index in [9.17, 15) is 0 Å². The third-order valence-corrected chi connectivity index (χ3v) is 2.74. The van der Waals surface area contributed by atoms with Crippen molar-refractivity contribution in [1.82, 2.24) is 0 Å². The second-order valence-corrected chi connectivity index (χ2v) is 3.67. The van der Waals surface area contributed by atoms with E-state index in [-0.39, 0.29) is 0 Å². The minimum atomic E-state index is 0.587. The zero-order chi connectivity index (χ0) is 10.7. The molecule has 0 atom stereocenters. The summed E-state index contributed by atoms with van der Waals surface area (Å²) >= 11 is 0. The van der Waals surface area contributed by atoms with Crippen LogP contribution in [0.3, 0.4) is 0 Å². The van der Waals surface area contributed by atoms with E-state index in [2.05, 4.69) is 30.3 Å². The van der Waals surface area contributed by atoms with E-state index in [4.69, 9.17) is 11.5 Å². The summed E-state index contributed by atoms with van der Waals surface area (Å²) < 4.78 is 0. The molecule has 0 aliphatic carbocycles. The molecule has 0 aromatic heterocycles. The number of hydrogen-bond acceptors (Lipinski definition) is 2. The lowest BCUT2D eigenvalue weighted by atomic mass is 9.98. The van der Waals surface area contributed by atoms with Gasteiger partial charge in [0, 0.05) is 6.54 Å². The van der Waals surface area contributed by atoms with Crippen LogP contribution in [0.25, 0.3) is 10.8 Å². The second-order valence-electron chi connectivity index (χ2n) is 3.67. The average Bonchev–Trinajstić information content (AvgIpc) is 2.30. The van der Waals surface area contributed by atoms with Crippen LogP contribution in [-0.2, 0) is 13.0 Å². The third kappa shape index (κ3) is 1.87. The molecule has 2 heteroatoms. The van der Waals surface area contributed by atoms with Gasteiger partial charge in [-0.3, -0.25) is 0 Å². The van der Waals surface area contributed by atoms with E-state index in [1.165, 1.54) is 21.9 Å². The molecule has 0 amide bonds. The molecule has 2 aromatic carbocycles. The van der Waals surface area contributed by atoms with Crippen molar-refractivity contribution >= 4 is 10.8 Å². The average molecular weight is 200 g/mol. The molecule has 0 fully saturated rings. The summed E-state index contributed by atoms with van der Waals surface area (Å²) in [7, 11) is 0. The molecular weight excluding hydrogens is 184 g/mol. The minimum absolute atomic E-state index is 0.587. The number of hydrogen-bond donors (Lipinski definition) is 2. The summed E-state index contributed by atoms with van der Waals surface area (Å²) in [6, 6.07) is 12.6. The maximum absolute atomic E-state index is 5.72. The first-order valence-electron chi connectivity index (χ1n) is 5.26. The highest BCUT2D eigenvalue weighted by atomic mass is 14.5. The van der Waals surface area contributed by atoms with Crippen molar-refractivity contribution in [3.63, 3.8) is 0 Å². The SMILES string of the molecule is NCCc1ccc(CN)c2ccccc12. The maximum atomic E-state index is 5.72. The monoisotopic (exact) mass is 200 g/mol. The van der Waals surface area contributed by atoms with Crippen molar-refractivity contribution in [2.75, 3.05) is 6.54 Å². The van der Waals surface area contributed by atoms with Crippen LogP contribution in [0, 0.1) is 0 Å². The molecule has 2 nitrogen and oxygen atoms in total. The van der Waals surface area contributed by atoms with Gasteiger partial charge in [-0.25, -0.2) is 0 Å². The highest BCUT2D eigenvalue weighted by Gasteiger charge is 2.03. The lowest BCUT2D eigenvalue weighted by Crippen LogP contribution is -2.04. The van der Waals surface area contributed by atoms with E-state index in [0.29, 0.717) is 13.1 Å². The highest BCUT2D eigenvalue weighted by Crippen LogP contribution is 2.22. The molecule has 0 unspecified atom stereocenters. The number of benzene rings is 2. The van der Waals surface area contributed by atoms with Crippen LogP contribution in [0.15, 0.2) is 36.4 Å². The summed E-state index contributed by atoms with van der Waals surface area (Å²) in [5, 5.41) is 2.54. The number of rotatable bonds is 3. The van der Waals surface area contributed by atoms with Gasteiger partial charge in [-0.1, -0.05) is 36.4 Å². The minimum Gasteiger partial charge on any atom is -0.330 e. The zero-order valence-corrected chi connectivity index (χ0v) is 8.74. The lowest BCUT2D eigenvalue weighted by molar-refractivity contribution is 0.974. The predicted molar refractivity (Wildman–Crippen MR) is 64.6 cm³/mol. The van der Waals surface area contributed by atoms with Crippen molar-refractivity contribution in [2.24, 2.45) is 11.5 Å². The second kappa shape index (κ2) is 4.43. The van der Waals surface area contributed by atoms with Crippen molar-refractivity contribution in [3.8, 4) is 0 Å². The first-order chi connectivity index (χ1) is 7.36. The van der Waals surface area contributed by atoms with Crippen LogP contribution >= 0.6 is 0 Å². The smallest absolute Gasteiger partial charge is 0.0184 e. The molecule has 0 spiro atoms. The van der Waals surface area contributed by atoms with Crippen molar-refractivity contribution < 1.29 is 0 Å². The molecule has 0 saturated carbocycles. The van der Waals surface area contributed by atoms with Gasteiger partial charge >= 0.3 is 0 Å². The summed E-state index contributed by atoms with van der Waals surface area (Å²) in [6.07, 6.45) is 0.922. The van der Waals surface area contributed by atoms with Gasteiger partial charge in [-0.2, -0.15) is 0 Å². The molecule has 4 N–H and O–H groups in total. The van der Waals surface area contributed by atoms with Crippen LogP contribution in [0.4, 0.5) is 0 Å². The Balaban J connectivity index is 2.66. The van der Waals surface area contributed by atoms with Gasteiger partial charge in [0.15, 0.2) is 0 Å². The van der Waals surface area contributed by atoms with Crippen molar-refractivity contribution in [2.45, 2.75) is 13.0 Å². The third-order valence-electron chi connectivity index (χ3n) is 2.74.